The second-order valence-electron chi connectivity index (χ2n) is 15.1. The van der Waals surface area contributed by atoms with Crippen molar-refractivity contribution in [3.8, 4) is 22.9 Å². The van der Waals surface area contributed by atoms with Gasteiger partial charge in [0.2, 0.25) is 0 Å². The summed E-state index contributed by atoms with van der Waals surface area (Å²) < 4.78 is 18.8. The number of fused-ring (bicyclic) bond motifs is 2. The zero-order valence-electron chi connectivity index (χ0n) is 29.8. The van der Waals surface area contributed by atoms with E-state index in [-0.39, 0.29) is 17.6 Å². The lowest BCUT2D eigenvalue weighted by Crippen LogP contribution is -2.62. The predicted octanol–water partition coefficient (Wildman–Crippen LogP) is 6.83. The number of carbonyl (C=O) groups is 1. The molecule has 7 rings (SSSR count). The number of carbonyl (C=O) groups excluding carboxylic acids is 1. The third-order valence-electron chi connectivity index (χ3n) is 10.3. The molecule has 3 aliphatic heterocycles. The molecule has 0 saturated carbocycles. The van der Waals surface area contributed by atoms with Crippen molar-refractivity contribution in [1.82, 2.24) is 30.0 Å². The first-order chi connectivity index (χ1) is 23.5. The lowest BCUT2D eigenvalue weighted by atomic mass is 9.72. The van der Waals surface area contributed by atoms with Crippen LogP contribution < -0.4 is 14.4 Å². The quantitative estimate of drug-likeness (QED) is 0.227. The summed E-state index contributed by atoms with van der Waals surface area (Å²) in [6.45, 7) is 19.6. The molecule has 49 heavy (non-hydrogen) atoms. The predicted molar refractivity (Wildman–Crippen MR) is 193 cm³/mol. The third-order valence-corrected chi connectivity index (χ3v) is 10.3. The van der Waals surface area contributed by atoms with Crippen molar-refractivity contribution < 1.29 is 19.0 Å². The van der Waals surface area contributed by atoms with Crippen LogP contribution >= 0.6 is 0 Å². The number of anilines is 1. The lowest BCUT2D eigenvalue weighted by Gasteiger charge is -2.53. The van der Waals surface area contributed by atoms with Crippen LogP contribution in [0.15, 0.2) is 31.0 Å². The average molecular weight is 668 g/mol. The Hall–Kier alpha value is -4.38. The van der Waals surface area contributed by atoms with Gasteiger partial charge in [-0.2, -0.15) is 15.1 Å². The van der Waals surface area contributed by atoms with Crippen molar-refractivity contribution in [3.63, 3.8) is 0 Å². The van der Waals surface area contributed by atoms with Gasteiger partial charge in [-0.1, -0.05) is 18.7 Å². The number of aryl methyl sites for hydroxylation is 1. The average Bonchev–Trinajstić information content (AvgIpc) is 3.53. The molecule has 3 saturated heterocycles. The molecule has 0 bridgehead atoms. The maximum atomic E-state index is 12.7. The number of likely N-dealkylation sites (tertiary alicyclic amines) is 2. The first kappa shape index (κ1) is 33.1. The minimum Gasteiger partial charge on any atom is -0.491 e. The second kappa shape index (κ2) is 12.8. The van der Waals surface area contributed by atoms with Gasteiger partial charge in [-0.15, -0.1) is 0 Å². The summed E-state index contributed by atoms with van der Waals surface area (Å²) >= 11 is 0. The Bertz CT molecular complexity index is 1870. The zero-order chi connectivity index (χ0) is 34.5. The summed E-state index contributed by atoms with van der Waals surface area (Å²) in [7, 11) is 2.15. The van der Waals surface area contributed by atoms with Gasteiger partial charge in [0.05, 0.1) is 18.3 Å². The Morgan fingerprint density at radius 2 is 1.82 bits per heavy atom. The maximum absolute atomic E-state index is 12.7. The number of amides is 1. The SMILES string of the molecule is C=Cc1cc2c(N3CCC4(CC3)CN(C(=O)OC(C)(C)C)C4)nc(OC3CCN(C)CC3)nc2c(OCC)c1-c1c(C)ccc2[nH]ncc12. The van der Waals surface area contributed by atoms with E-state index in [1.807, 2.05) is 44.9 Å². The standard InChI is InChI=1S/C38H49N7O4/c1-8-25-20-27-32(33(47-9-2)31(25)30-24(3)10-11-29-28(30)21-39-42-29)40-35(48-26-12-16-43(7)17-13-26)41-34(27)44-18-14-38(15-19-44)22-45(23-38)36(46)49-37(4,5)6/h8,10-11,20-21,26H,1,9,12-19,22-23H2,2-7H3,(H,39,42). The number of nitrogens with zero attached hydrogens (tertiary/aromatic N) is 6. The molecule has 0 unspecified atom stereocenters. The van der Waals surface area contributed by atoms with Crippen LogP contribution in [-0.4, -0.2) is 101 Å². The fourth-order valence-electron chi connectivity index (χ4n) is 7.66. The Kier molecular flexibility index (Phi) is 8.67. The minimum absolute atomic E-state index is 0.0457. The number of rotatable bonds is 7. The van der Waals surface area contributed by atoms with Crippen molar-refractivity contribution in [1.29, 1.82) is 0 Å². The smallest absolute Gasteiger partial charge is 0.410 e. The summed E-state index contributed by atoms with van der Waals surface area (Å²) in [6, 6.07) is 6.71. The van der Waals surface area contributed by atoms with Gasteiger partial charge in [0.25, 0.3) is 0 Å². The van der Waals surface area contributed by atoms with Crippen LogP contribution in [0, 0.1) is 12.3 Å². The van der Waals surface area contributed by atoms with Gasteiger partial charge in [-0.3, -0.25) is 5.10 Å². The molecular weight excluding hydrogens is 618 g/mol. The van der Waals surface area contributed by atoms with Gasteiger partial charge in [-0.25, -0.2) is 4.79 Å². The number of ether oxygens (including phenoxy) is 3. The third kappa shape index (κ3) is 6.40. The number of piperidine rings is 2. The molecule has 0 atom stereocenters. The van der Waals surface area contributed by atoms with Crippen LogP contribution in [0.1, 0.15) is 64.5 Å². The van der Waals surface area contributed by atoms with E-state index < -0.39 is 5.60 Å². The zero-order valence-corrected chi connectivity index (χ0v) is 29.8. The van der Waals surface area contributed by atoms with E-state index in [0.717, 1.165) is 115 Å². The highest BCUT2D eigenvalue weighted by atomic mass is 16.6. The van der Waals surface area contributed by atoms with E-state index >= 15 is 0 Å². The Morgan fingerprint density at radius 3 is 2.49 bits per heavy atom. The van der Waals surface area contributed by atoms with Crippen LogP contribution in [0.25, 0.3) is 39.0 Å². The van der Waals surface area contributed by atoms with Gasteiger partial charge in [-0.05, 0) is 96.2 Å². The van der Waals surface area contributed by atoms with Crippen LogP contribution in [0.4, 0.5) is 10.6 Å². The second-order valence-corrected chi connectivity index (χ2v) is 15.1. The number of nitrogens with one attached hydrogen (secondary N) is 1. The highest BCUT2D eigenvalue weighted by Gasteiger charge is 2.48. The highest BCUT2D eigenvalue weighted by molar-refractivity contribution is 6.07. The van der Waals surface area contributed by atoms with E-state index in [1.54, 1.807) is 0 Å². The van der Waals surface area contributed by atoms with E-state index in [2.05, 4.69) is 58.7 Å². The summed E-state index contributed by atoms with van der Waals surface area (Å²) in [5, 5.41) is 9.41. The molecule has 11 nitrogen and oxygen atoms in total. The number of aromatic nitrogens is 4. The summed E-state index contributed by atoms with van der Waals surface area (Å²) in [4.78, 5) is 29.5. The van der Waals surface area contributed by atoms with Gasteiger partial charge in [0.1, 0.15) is 23.0 Å². The highest BCUT2D eigenvalue weighted by Crippen LogP contribution is 2.47. The van der Waals surface area contributed by atoms with Gasteiger partial charge in [0.15, 0.2) is 5.75 Å². The molecule has 1 N–H and O–H groups in total. The normalized spacial score (nSPS) is 18.6. The lowest BCUT2D eigenvalue weighted by molar-refractivity contribution is -0.0434. The molecular formula is C38H49N7O4. The number of benzene rings is 2. The molecule has 1 amide bonds. The topological polar surface area (TPSA) is 109 Å². The van der Waals surface area contributed by atoms with Crippen molar-refractivity contribution in [3.05, 3.63) is 42.1 Å². The molecule has 260 valence electrons. The summed E-state index contributed by atoms with van der Waals surface area (Å²) in [6.07, 6.45) is 7.35. The van der Waals surface area contributed by atoms with Gasteiger partial charge < -0.3 is 28.9 Å². The van der Waals surface area contributed by atoms with Crippen molar-refractivity contribution in [2.45, 2.75) is 72.0 Å². The van der Waals surface area contributed by atoms with Gasteiger partial charge >= 0.3 is 12.1 Å². The fraction of sp³-hybridized carbons (Fsp3) is 0.526. The molecule has 1 spiro atoms. The van der Waals surface area contributed by atoms with E-state index in [9.17, 15) is 4.79 Å². The summed E-state index contributed by atoms with van der Waals surface area (Å²) in [5.41, 5.74) is 5.33. The summed E-state index contributed by atoms with van der Waals surface area (Å²) in [5.74, 6) is 1.55. The number of H-pyrrole nitrogens is 1. The fourth-order valence-corrected chi connectivity index (χ4v) is 7.66. The molecule has 0 aliphatic carbocycles. The molecule has 2 aromatic heterocycles. The molecule has 5 heterocycles. The largest absolute Gasteiger partial charge is 0.491 e. The van der Waals surface area contributed by atoms with Crippen LogP contribution in [0.5, 0.6) is 11.8 Å². The Morgan fingerprint density at radius 1 is 1.08 bits per heavy atom. The van der Waals surface area contributed by atoms with E-state index in [1.165, 1.54) is 0 Å². The monoisotopic (exact) mass is 667 g/mol. The first-order valence-corrected chi connectivity index (χ1v) is 17.6. The molecule has 0 radical (unpaired) electrons. The minimum atomic E-state index is -0.501. The molecule has 11 heteroatoms. The van der Waals surface area contributed by atoms with E-state index in [0.29, 0.717) is 18.4 Å². The van der Waals surface area contributed by atoms with E-state index in [4.69, 9.17) is 24.2 Å². The van der Waals surface area contributed by atoms with Crippen molar-refractivity contribution in [2.24, 2.45) is 5.41 Å². The number of hydrogen-bond acceptors (Lipinski definition) is 9. The van der Waals surface area contributed by atoms with Crippen LogP contribution in [0.3, 0.4) is 0 Å². The Labute approximate surface area is 288 Å². The Balaban J connectivity index is 1.29. The van der Waals surface area contributed by atoms with Crippen LogP contribution in [0.2, 0.25) is 0 Å². The first-order valence-electron chi connectivity index (χ1n) is 17.6. The van der Waals surface area contributed by atoms with Crippen molar-refractivity contribution >= 4 is 39.8 Å². The van der Waals surface area contributed by atoms with Crippen LogP contribution in [-0.2, 0) is 4.74 Å². The van der Waals surface area contributed by atoms with Gasteiger partial charge in [0, 0.05) is 61.0 Å². The number of aromatic amines is 1. The molecule has 4 aromatic rings. The molecule has 3 fully saturated rings. The maximum Gasteiger partial charge on any atom is 0.410 e. The molecule has 2 aromatic carbocycles. The number of hydrogen-bond donors (Lipinski definition) is 1. The van der Waals surface area contributed by atoms with Crippen molar-refractivity contribution in [2.75, 3.05) is 57.8 Å². The molecule has 3 aliphatic rings.